The fourth-order valence-electron chi connectivity index (χ4n) is 2.19. The number of anilines is 1. The molecule has 0 heterocycles. The summed E-state index contributed by atoms with van der Waals surface area (Å²) in [6, 6.07) is 13.9. The third kappa shape index (κ3) is 3.89. The van der Waals surface area contributed by atoms with Crippen LogP contribution in [0.1, 0.15) is 24.1 Å². The van der Waals surface area contributed by atoms with Crippen LogP contribution in [0.2, 0.25) is 10.0 Å². The van der Waals surface area contributed by atoms with Crippen molar-refractivity contribution < 1.29 is 0 Å². The molecule has 2 N–H and O–H groups in total. The van der Waals surface area contributed by atoms with E-state index in [0.717, 1.165) is 17.1 Å². The van der Waals surface area contributed by atoms with Crippen molar-refractivity contribution in [1.82, 2.24) is 4.90 Å². The molecule has 106 valence electrons. The van der Waals surface area contributed by atoms with Gasteiger partial charge in [-0.3, -0.25) is 4.90 Å². The van der Waals surface area contributed by atoms with Crippen LogP contribution in [0.3, 0.4) is 0 Å². The van der Waals surface area contributed by atoms with Crippen molar-refractivity contribution in [3.05, 3.63) is 63.6 Å². The van der Waals surface area contributed by atoms with E-state index in [1.54, 1.807) is 6.07 Å². The summed E-state index contributed by atoms with van der Waals surface area (Å²) < 4.78 is 0. The predicted molar refractivity (Wildman–Crippen MR) is 87.2 cm³/mol. The van der Waals surface area contributed by atoms with E-state index >= 15 is 0 Å². The highest BCUT2D eigenvalue weighted by Gasteiger charge is 2.12. The first-order valence-electron chi connectivity index (χ1n) is 6.46. The van der Waals surface area contributed by atoms with Gasteiger partial charge in [0.15, 0.2) is 0 Å². The fraction of sp³-hybridized carbons (Fsp3) is 0.250. The number of halogens is 2. The van der Waals surface area contributed by atoms with E-state index in [-0.39, 0.29) is 6.04 Å². The van der Waals surface area contributed by atoms with Crippen molar-refractivity contribution in [1.29, 1.82) is 0 Å². The molecule has 2 rings (SSSR count). The van der Waals surface area contributed by atoms with Crippen LogP contribution < -0.4 is 5.73 Å². The van der Waals surface area contributed by atoms with E-state index in [1.807, 2.05) is 24.3 Å². The Hall–Kier alpha value is -1.22. The highest BCUT2D eigenvalue weighted by molar-refractivity contribution is 6.31. The third-order valence-electron chi connectivity index (χ3n) is 3.43. The summed E-state index contributed by atoms with van der Waals surface area (Å²) in [4.78, 5) is 2.24. The van der Waals surface area contributed by atoms with Crippen molar-refractivity contribution >= 4 is 28.9 Å². The molecule has 2 aromatic rings. The van der Waals surface area contributed by atoms with Gasteiger partial charge in [-0.2, -0.15) is 0 Å². The van der Waals surface area contributed by atoms with Gasteiger partial charge in [0.1, 0.15) is 0 Å². The van der Waals surface area contributed by atoms with Crippen LogP contribution in [0.15, 0.2) is 42.5 Å². The Kier molecular flexibility index (Phi) is 4.92. The van der Waals surface area contributed by atoms with Gasteiger partial charge in [0.25, 0.3) is 0 Å². The molecule has 2 nitrogen and oxygen atoms in total. The average Bonchev–Trinajstić information content (AvgIpc) is 2.37. The largest absolute Gasteiger partial charge is 0.399 e. The number of nitrogen functional groups attached to an aromatic ring is 1. The lowest BCUT2D eigenvalue weighted by molar-refractivity contribution is 0.253. The molecule has 0 fully saturated rings. The molecule has 0 bridgehead atoms. The number of hydrogen-bond acceptors (Lipinski definition) is 2. The van der Waals surface area contributed by atoms with E-state index < -0.39 is 0 Å². The maximum absolute atomic E-state index is 6.03. The van der Waals surface area contributed by atoms with Gasteiger partial charge in [0.05, 0.1) is 0 Å². The molecule has 2 aromatic carbocycles. The van der Waals surface area contributed by atoms with Gasteiger partial charge in [-0.1, -0.05) is 35.3 Å². The van der Waals surface area contributed by atoms with Crippen LogP contribution in [0.4, 0.5) is 5.69 Å². The van der Waals surface area contributed by atoms with Gasteiger partial charge in [-0.05, 0) is 55.4 Å². The predicted octanol–water partition coefficient (Wildman–Crippen LogP) is 4.77. The van der Waals surface area contributed by atoms with Crippen LogP contribution >= 0.6 is 23.2 Å². The highest BCUT2D eigenvalue weighted by atomic mass is 35.5. The number of rotatable bonds is 4. The number of hydrogen-bond donors (Lipinski definition) is 1. The molecular formula is C16H18Cl2N2. The van der Waals surface area contributed by atoms with E-state index in [1.165, 1.54) is 5.56 Å². The monoisotopic (exact) mass is 308 g/mol. The zero-order valence-electron chi connectivity index (χ0n) is 11.6. The standard InChI is InChI=1S/C16H18Cl2N2/c1-11(13-3-5-14(17)6-4-13)20(2)10-12-7-15(18)9-16(19)8-12/h3-9,11H,10,19H2,1-2H3. The third-order valence-corrected chi connectivity index (χ3v) is 3.90. The topological polar surface area (TPSA) is 29.3 Å². The minimum Gasteiger partial charge on any atom is -0.399 e. The zero-order chi connectivity index (χ0) is 14.7. The minimum atomic E-state index is 0.285. The molecular weight excluding hydrogens is 291 g/mol. The van der Waals surface area contributed by atoms with E-state index in [0.29, 0.717) is 10.7 Å². The van der Waals surface area contributed by atoms with E-state index in [4.69, 9.17) is 28.9 Å². The van der Waals surface area contributed by atoms with Crippen molar-refractivity contribution in [3.63, 3.8) is 0 Å². The quantitative estimate of drug-likeness (QED) is 0.824. The molecule has 1 atom stereocenters. The van der Waals surface area contributed by atoms with Crippen LogP contribution in [0, 0.1) is 0 Å². The molecule has 20 heavy (non-hydrogen) atoms. The summed E-state index contributed by atoms with van der Waals surface area (Å²) >= 11 is 12.0. The zero-order valence-corrected chi connectivity index (χ0v) is 13.1. The molecule has 0 radical (unpaired) electrons. The summed E-state index contributed by atoms with van der Waals surface area (Å²) in [6.45, 7) is 2.95. The smallest absolute Gasteiger partial charge is 0.0429 e. The maximum Gasteiger partial charge on any atom is 0.0429 e. The van der Waals surface area contributed by atoms with Gasteiger partial charge >= 0.3 is 0 Å². The van der Waals surface area contributed by atoms with Crippen molar-refractivity contribution in [2.45, 2.75) is 19.5 Å². The van der Waals surface area contributed by atoms with Crippen LogP contribution in [0.5, 0.6) is 0 Å². The Balaban J connectivity index is 2.10. The molecule has 0 aliphatic rings. The molecule has 0 amide bonds. The second-order valence-electron chi connectivity index (χ2n) is 5.04. The van der Waals surface area contributed by atoms with Crippen molar-refractivity contribution in [2.75, 3.05) is 12.8 Å². The molecule has 0 aliphatic carbocycles. The first kappa shape index (κ1) is 15.2. The molecule has 0 saturated heterocycles. The lowest BCUT2D eigenvalue weighted by Gasteiger charge is -2.25. The van der Waals surface area contributed by atoms with Crippen molar-refractivity contribution in [3.8, 4) is 0 Å². The molecule has 0 aliphatic heterocycles. The number of nitrogens with two attached hydrogens (primary N) is 1. The SMILES string of the molecule is CC(c1ccc(Cl)cc1)N(C)Cc1cc(N)cc(Cl)c1. The van der Waals surface area contributed by atoms with E-state index in [2.05, 4.69) is 31.0 Å². The number of nitrogens with zero attached hydrogens (tertiary/aromatic N) is 1. The minimum absolute atomic E-state index is 0.285. The number of benzene rings is 2. The van der Waals surface area contributed by atoms with E-state index in [9.17, 15) is 0 Å². The Morgan fingerprint density at radius 1 is 1.05 bits per heavy atom. The van der Waals surface area contributed by atoms with Gasteiger partial charge < -0.3 is 5.73 Å². The summed E-state index contributed by atoms with van der Waals surface area (Å²) in [6.07, 6.45) is 0. The average molecular weight is 309 g/mol. The Morgan fingerprint density at radius 3 is 2.30 bits per heavy atom. The van der Waals surface area contributed by atoms with Gasteiger partial charge in [-0.25, -0.2) is 0 Å². The maximum atomic E-state index is 6.03. The van der Waals surface area contributed by atoms with Gasteiger partial charge in [0, 0.05) is 28.3 Å². The molecule has 4 heteroatoms. The molecule has 0 saturated carbocycles. The Bertz CT molecular complexity index is 561. The molecule has 0 aromatic heterocycles. The Labute approximate surface area is 130 Å². The second kappa shape index (κ2) is 6.49. The second-order valence-corrected chi connectivity index (χ2v) is 5.91. The summed E-state index contributed by atoms with van der Waals surface area (Å²) in [5.74, 6) is 0. The molecule has 0 spiro atoms. The molecule has 1 unspecified atom stereocenters. The Morgan fingerprint density at radius 2 is 1.70 bits per heavy atom. The lowest BCUT2D eigenvalue weighted by atomic mass is 10.1. The highest BCUT2D eigenvalue weighted by Crippen LogP contribution is 2.24. The van der Waals surface area contributed by atoms with Gasteiger partial charge in [0.2, 0.25) is 0 Å². The summed E-state index contributed by atoms with van der Waals surface area (Å²) in [5, 5.41) is 1.43. The fourth-order valence-corrected chi connectivity index (χ4v) is 2.58. The van der Waals surface area contributed by atoms with Crippen LogP contribution in [0.25, 0.3) is 0 Å². The van der Waals surface area contributed by atoms with Crippen molar-refractivity contribution in [2.24, 2.45) is 0 Å². The van der Waals surface area contributed by atoms with Gasteiger partial charge in [-0.15, -0.1) is 0 Å². The lowest BCUT2D eigenvalue weighted by Crippen LogP contribution is -2.21. The first-order valence-corrected chi connectivity index (χ1v) is 7.22. The first-order chi connectivity index (χ1) is 9.45. The summed E-state index contributed by atoms with van der Waals surface area (Å²) in [5.41, 5.74) is 8.85. The van der Waals surface area contributed by atoms with Crippen LogP contribution in [-0.2, 0) is 6.54 Å². The van der Waals surface area contributed by atoms with Crippen LogP contribution in [-0.4, -0.2) is 11.9 Å². The summed E-state index contributed by atoms with van der Waals surface area (Å²) in [7, 11) is 2.08. The normalized spacial score (nSPS) is 12.7.